The first kappa shape index (κ1) is 11.8. The molecule has 1 heterocycles. The predicted molar refractivity (Wildman–Crippen MR) is 93.5 cm³/mol. The molecule has 0 bridgehead atoms. The second kappa shape index (κ2) is 4.11. The van der Waals surface area contributed by atoms with E-state index in [1.807, 2.05) is 0 Å². The van der Waals surface area contributed by atoms with Crippen molar-refractivity contribution in [3.63, 3.8) is 0 Å². The zero-order chi connectivity index (χ0) is 14.7. The summed E-state index contributed by atoms with van der Waals surface area (Å²) in [6.07, 6.45) is 0. The highest BCUT2D eigenvalue weighted by atomic mass is 16.3. The lowest BCUT2D eigenvalue weighted by atomic mass is 9.97. The van der Waals surface area contributed by atoms with Crippen LogP contribution in [0.15, 0.2) is 71.1 Å². The van der Waals surface area contributed by atoms with Gasteiger partial charge in [0.25, 0.3) is 0 Å². The number of rotatable bonds is 0. The lowest BCUT2D eigenvalue weighted by Crippen LogP contribution is -1.79. The van der Waals surface area contributed by atoms with Crippen LogP contribution in [-0.2, 0) is 0 Å². The van der Waals surface area contributed by atoms with Crippen LogP contribution in [0.3, 0.4) is 0 Å². The molecule has 0 atom stereocenters. The minimum Gasteiger partial charge on any atom is -0.455 e. The molecule has 1 nitrogen and oxygen atoms in total. The molecule has 22 heavy (non-hydrogen) atoms. The molecule has 4 aromatic carbocycles. The Balaban J connectivity index is 2.24. The van der Waals surface area contributed by atoms with E-state index in [9.17, 15) is 0 Å². The third-order valence-electron chi connectivity index (χ3n) is 4.57. The van der Waals surface area contributed by atoms with Gasteiger partial charge in [-0.15, -0.1) is 0 Å². The van der Waals surface area contributed by atoms with E-state index in [4.69, 9.17) is 4.42 Å². The molecule has 0 aliphatic carbocycles. The average Bonchev–Trinajstić information content (AvgIpc) is 2.97. The summed E-state index contributed by atoms with van der Waals surface area (Å²) in [6, 6.07) is 23.5. The summed E-state index contributed by atoms with van der Waals surface area (Å²) in [5, 5.41) is 7.43. The van der Waals surface area contributed by atoms with Crippen molar-refractivity contribution in [3.05, 3.63) is 72.3 Å². The Morgan fingerprint density at radius 2 is 1.14 bits per heavy atom. The largest absolute Gasteiger partial charge is 0.455 e. The van der Waals surface area contributed by atoms with E-state index in [0.29, 0.717) is 0 Å². The van der Waals surface area contributed by atoms with E-state index in [1.165, 1.54) is 37.9 Å². The van der Waals surface area contributed by atoms with Gasteiger partial charge in [0.2, 0.25) is 0 Å². The van der Waals surface area contributed by atoms with Gasteiger partial charge in [-0.05, 0) is 28.6 Å². The first-order chi connectivity index (χ1) is 10.8. The Kier molecular flexibility index (Phi) is 2.21. The molecule has 0 saturated carbocycles. The predicted octanol–water partition coefficient (Wildman–Crippen LogP) is 6.20. The zero-order valence-electron chi connectivity index (χ0n) is 12.3. The number of hydrogen-bond acceptors (Lipinski definition) is 1. The second-order valence-corrected chi connectivity index (χ2v) is 5.85. The van der Waals surface area contributed by atoms with Crippen LogP contribution in [0, 0.1) is 6.92 Å². The number of furan rings is 1. The van der Waals surface area contributed by atoms with E-state index in [0.717, 1.165) is 11.2 Å². The summed E-state index contributed by atoms with van der Waals surface area (Å²) < 4.78 is 6.30. The minimum atomic E-state index is 0.999. The van der Waals surface area contributed by atoms with E-state index in [2.05, 4.69) is 73.7 Å². The van der Waals surface area contributed by atoms with Gasteiger partial charge in [-0.25, -0.2) is 0 Å². The fourth-order valence-electron chi connectivity index (χ4n) is 3.57. The highest BCUT2D eigenvalue weighted by Gasteiger charge is 2.15. The fraction of sp³-hybridized carbons (Fsp3) is 0.0476. The topological polar surface area (TPSA) is 13.1 Å². The molecule has 0 N–H and O–H groups in total. The SMILES string of the molecule is Cc1cccc2c1oc1c3ccccc3c3ccccc3c21. The van der Waals surface area contributed by atoms with Gasteiger partial charge in [0.05, 0.1) is 0 Å². The van der Waals surface area contributed by atoms with Crippen molar-refractivity contribution in [1.82, 2.24) is 0 Å². The minimum absolute atomic E-state index is 0.999. The maximum Gasteiger partial charge on any atom is 0.143 e. The first-order valence-corrected chi connectivity index (χ1v) is 7.56. The third kappa shape index (κ3) is 1.38. The van der Waals surface area contributed by atoms with Crippen molar-refractivity contribution in [2.24, 2.45) is 0 Å². The summed E-state index contributed by atoms with van der Waals surface area (Å²) >= 11 is 0. The van der Waals surface area contributed by atoms with Gasteiger partial charge in [0.15, 0.2) is 0 Å². The van der Waals surface area contributed by atoms with Crippen LogP contribution in [0.25, 0.3) is 43.5 Å². The molecule has 0 unspecified atom stereocenters. The van der Waals surface area contributed by atoms with E-state index in [-0.39, 0.29) is 0 Å². The molecule has 5 rings (SSSR count). The molecular formula is C21H14O. The van der Waals surface area contributed by atoms with Crippen LogP contribution < -0.4 is 0 Å². The number of para-hydroxylation sites is 1. The van der Waals surface area contributed by atoms with Crippen molar-refractivity contribution in [3.8, 4) is 0 Å². The monoisotopic (exact) mass is 282 g/mol. The van der Waals surface area contributed by atoms with Crippen molar-refractivity contribution in [2.45, 2.75) is 6.92 Å². The standard InChI is InChI=1S/C21H14O/c1-13-7-6-12-18-19-16-10-4-2-8-14(16)15-9-3-5-11-17(15)21(19)22-20(13)18/h2-12H,1H3. The van der Waals surface area contributed by atoms with Crippen LogP contribution in [0.5, 0.6) is 0 Å². The molecule has 0 amide bonds. The van der Waals surface area contributed by atoms with Crippen LogP contribution in [0.2, 0.25) is 0 Å². The Hall–Kier alpha value is -2.80. The maximum absolute atomic E-state index is 6.30. The van der Waals surface area contributed by atoms with Crippen molar-refractivity contribution >= 4 is 43.5 Å². The fourth-order valence-corrected chi connectivity index (χ4v) is 3.57. The van der Waals surface area contributed by atoms with Crippen molar-refractivity contribution in [2.75, 3.05) is 0 Å². The average molecular weight is 282 g/mol. The lowest BCUT2D eigenvalue weighted by Gasteiger charge is -2.05. The van der Waals surface area contributed by atoms with Crippen LogP contribution in [0.1, 0.15) is 5.56 Å². The van der Waals surface area contributed by atoms with Crippen LogP contribution in [0.4, 0.5) is 0 Å². The molecule has 0 spiro atoms. The molecule has 1 heteroatoms. The Bertz CT molecular complexity index is 1180. The van der Waals surface area contributed by atoms with Gasteiger partial charge < -0.3 is 4.42 Å². The van der Waals surface area contributed by atoms with Gasteiger partial charge in [-0.3, -0.25) is 0 Å². The number of fused-ring (bicyclic) bond motifs is 8. The second-order valence-electron chi connectivity index (χ2n) is 5.85. The maximum atomic E-state index is 6.30. The van der Waals surface area contributed by atoms with E-state index >= 15 is 0 Å². The molecule has 0 fully saturated rings. The molecule has 1 aromatic heterocycles. The van der Waals surface area contributed by atoms with E-state index < -0.39 is 0 Å². The number of hydrogen-bond donors (Lipinski definition) is 0. The molecule has 5 aromatic rings. The first-order valence-electron chi connectivity index (χ1n) is 7.56. The summed E-state index contributed by atoms with van der Waals surface area (Å²) in [4.78, 5) is 0. The molecule has 0 radical (unpaired) electrons. The van der Waals surface area contributed by atoms with Gasteiger partial charge in [-0.1, -0.05) is 66.7 Å². The Morgan fingerprint density at radius 3 is 1.91 bits per heavy atom. The molecule has 104 valence electrons. The summed E-state index contributed by atoms with van der Waals surface area (Å²) in [5.41, 5.74) is 3.18. The quantitative estimate of drug-likeness (QED) is 0.308. The molecule has 0 aliphatic rings. The summed E-state index contributed by atoms with van der Waals surface area (Å²) in [7, 11) is 0. The molecular weight excluding hydrogens is 268 g/mol. The molecule has 0 saturated heterocycles. The highest BCUT2D eigenvalue weighted by molar-refractivity contribution is 6.30. The number of aryl methyl sites for hydroxylation is 1. The van der Waals surface area contributed by atoms with Gasteiger partial charge in [0.1, 0.15) is 11.2 Å². The van der Waals surface area contributed by atoms with Crippen molar-refractivity contribution < 1.29 is 4.42 Å². The molecule has 0 aliphatic heterocycles. The summed E-state index contributed by atoms with van der Waals surface area (Å²) in [6.45, 7) is 2.11. The van der Waals surface area contributed by atoms with Gasteiger partial charge in [-0.2, -0.15) is 0 Å². The van der Waals surface area contributed by atoms with Gasteiger partial charge >= 0.3 is 0 Å². The van der Waals surface area contributed by atoms with Gasteiger partial charge in [0, 0.05) is 16.2 Å². The lowest BCUT2D eigenvalue weighted by molar-refractivity contribution is 0.669. The van der Waals surface area contributed by atoms with Crippen molar-refractivity contribution in [1.29, 1.82) is 0 Å². The highest BCUT2D eigenvalue weighted by Crippen LogP contribution is 2.41. The smallest absolute Gasteiger partial charge is 0.143 e. The zero-order valence-corrected chi connectivity index (χ0v) is 12.3. The summed E-state index contributed by atoms with van der Waals surface area (Å²) in [5.74, 6) is 0. The van der Waals surface area contributed by atoms with E-state index in [1.54, 1.807) is 0 Å². The number of benzene rings is 4. The van der Waals surface area contributed by atoms with Crippen LogP contribution >= 0.6 is 0 Å². The Labute approximate surface area is 127 Å². The Morgan fingerprint density at radius 1 is 0.545 bits per heavy atom. The normalized spacial score (nSPS) is 11.9. The van der Waals surface area contributed by atoms with Crippen LogP contribution in [-0.4, -0.2) is 0 Å². The third-order valence-corrected chi connectivity index (χ3v) is 4.57.